The summed E-state index contributed by atoms with van der Waals surface area (Å²) in [6, 6.07) is 0. The SMILES string of the molecule is CCCCCCCC/C=C\CCCCCCCC(=O)O.O.O.O.O.O[Si](O)(O)O.[H-].[H-].[H-].[H-].[H-].[H-].[H-].[H-].[Mg+2].[Mg+2].[Mg+2].[Mg+2]. The monoisotopic (exact) mass is 554 g/mol. The fourth-order valence-corrected chi connectivity index (χ4v) is 2.35. The summed E-state index contributed by atoms with van der Waals surface area (Å²) in [5, 5.41) is 8.51. The Bertz CT molecular complexity index is 363. The summed E-state index contributed by atoms with van der Waals surface area (Å²) in [6.07, 6.45) is 21.2. The van der Waals surface area contributed by atoms with E-state index < -0.39 is 15.0 Å². The second kappa shape index (κ2) is 50.9. The summed E-state index contributed by atoms with van der Waals surface area (Å²) in [6.45, 7) is 2.26. The van der Waals surface area contributed by atoms with Gasteiger partial charge in [-0.2, -0.15) is 0 Å². The van der Waals surface area contributed by atoms with Crippen LogP contribution in [0.5, 0.6) is 0 Å². The molecule has 0 aliphatic heterocycles. The molecule has 198 valence electrons. The number of unbranched alkanes of at least 4 members (excludes halogenated alkanes) is 11. The van der Waals surface area contributed by atoms with Crippen molar-refractivity contribution in [3.63, 3.8) is 0 Å². The summed E-state index contributed by atoms with van der Waals surface area (Å²) in [4.78, 5) is 39.6. The quantitative estimate of drug-likeness (QED) is 0.102. The van der Waals surface area contributed by atoms with Crippen molar-refractivity contribution < 1.29 is 62.4 Å². The molecule has 0 spiro atoms. The van der Waals surface area contributed by atoms with Gasteiger partial charge in [-0.3, -0.25) is 4.79 Å². The molecular formula is C18H54Mg4O10Si. The normalized spacial score (nSPS) is 8.64. The van der Waals surface area contributed by atoms with Gasteiger partial charge in [0.1, 0.15) is 0 Å². The first kappa shape index (κ1) is 64.8. The van der Waals surface area contributed by atoms with Crippen LogP contribution < -0.4 is 0 Å². The maximum absolute atomic E-state index is 10.3. The van der Waals surface area contributed by atoms with Crippen LogP contribution in [0.15, 0.2) is 12.2 Å². The average Bonchev–Trinajstić information content (AvgIpc) is 2.49. The first-order valence-corrected chi connectivity index (χ1v) is 11.3. The standard InChI is InChI=1S/C18H34O2.4Mg.H4O4Si.4H2O.8H/c1-2-3-4-5-6-7-8-9-10-11-12-13-14-15-16-17-18(19)20;;;;;1-5(2,3)4;;;;;;;;;;;;/h9-10H,2-8,11-17H2,1H3,(H,19,20);;;;;1-4H;4*1H2;;;;;;;;/q;4*+2;;;;;;8*-1/b10-9-;;;;;;;;;;;;;;;;;. The molecule has 33 heavy (non-hydrogen) atoms. The number of carboxylic acid groups (broad SMARTS) is 1. The van der Waals surface area contributed by atoms with Crippen LogP contribution in [0, 0.1) is 0 Å². The van der Waals surface area contributed by atoms with Gasteiger partial charge in [-0.1, -0.05) is 70.4 Å². The largest absolute Gasteiger partial charge is 2.00 e. The Morgan fingerprint density at radius 3 is 1.21 bits per heavy atom. The molecule has 0 aliphatic rings. The number of carboxylic acids is 1. The molecule has 0 aliphatic carbocycles. The van der Waals surface area contributed by atoms with Gasteiger partial charge in [-0.25, -0.2) is 0 Å². The molecule has 0 aromatic rings. The maximum Gasteiger partial charge on any atom is 2.00 e. The zero-order chi connectivity index (χ0) is 19.4. The summed E-state index contributed by atoms with van der Waals surface area (Å²) in [7, 11) is -4.61. The van der Waals surface area contributed by atoms with E-state index in [2.05, 4.69) is 19.1 Å². The molecule has 0 amide bonds. The molecule has 0 saturated carbocycles. The molecule has 0 aromatic carbocycles. The summed E-state index contributed by atoms with van der Waals surface area (Å²) in [5.41, 5.74) is 0. The van der Waals surface area contributed by atoms with E-state index in [4.69, 9.17) is 24.3 Å². The van der Waals surface area contributed by atoms with E-state index in [1.54, 1.807) is 0 Å². The molecule has 0 bridgehead atoms. The van der Waals surface area contributed by atoms with Crippen molar-refractivity contribution >= 4 is 107 Å². The van der Waals surface area contributed by atoms with E-state index in [1.165, 1.54) is 70.6 Å². The van der Waals surface area contributed by atoms with Crippen LogP contribution in [-0.4, -0.2) is 153 Å². The predicted octanol–water partition coefficient (Wildman–Crippen LogP) is -0.422. The maximum atomic E-state index is 10.3. The van der Waals surface area contributed by atoms with Gasteiger partial charge in [-0.05, 0) is 32.1 Å². The summed E-state index contributed by atoms with van der Waals surface area (Å²) in [5.74, 6) is -0.664. The van der Waals surface area contributed by atoms with Crippen LogP contribution >= 0.6 is 0 Å². The molecule has 0 aromatic heterocycles. The van der Waals surface area contributed by atoms with E-state index in [1.807, 2.05) is 0 Å². The Morgan fingerprint density at radius 1 is 0.636 bits per heavy atom. The van der Waals surface area contributed by atoms with Crippen LogP contribution in [-0.2, 0) is 4.79 Å². The number of carbonyl (C=O) groups is 1. The second-order valence-electron chi connectivity index (χ2n) is 6.33. The Morgan fingerprint density at radius 2 is 0.909 bits per heavy atom. The minimum atomic E-state index is -4.61. The molecule has 0 atom stereocenters. The fraction of sp³-hybridized carbons (Fsp3) is 0.833. The molecular weight excluding hydrogens is 501 g/mol. The summed E-state index contributed by atoms with van der Waals surface area (Å²) < 4.78 is 0. The van der Waals surface area contributed by atoms with E-state index in [-0.39, 0.29) is 126 Å². The first-order valence-electron chi connectivity index (χ1n) is 9.53. The van der Waals surface area contributed by atoms with Crippen molar-refractivity contribution in [2.24, 2.45) is 0 Å². The third kappa shape index (κ3) is 96.2. The van der Waals surface area contributed by atoms with Gasteiger partial charge in [0.2, 0.25) is 0 Å². The van der Waals surface area contributed by atoms with Crippen LogP contribution in [0.2, 0.25) is 0 Å². The van der Waals surface area contributed by atoms with Crippen LogP contribution in [0.4, 0.5) is 0 Å². The smallest absolute Gasteiger partial charge is 1.00 e. The third-order valence-corrected chi connectivity index (χ3v) is 3.65. The zero-order valence-corrected chi connectivity index (χ0v) is 27.2. The van der Waals surface area contributed by atoms with Gasteiger partial charge in [0.05, 0.1) is 0 Å². The number of rotatable bonds is 15. The molecule has 10 nitrogen and oxygen atoms in total. The van der Waals surface area contributed by atoms with Crippen LogP contribution in [0.3, 0.4) is 0 Å². The molecule has 13 N–H and O–H groups in total. The first-order chi connectivity index (χ1) is 11.8. The van der Waals surface area contributed by atoms with Crippen molar-refractivity contribution in [1.82, 2.24) is 0 Å². The van der Waals surface area contributed by atoms with Crippen LogP contribution in [0.25, 0.3) is 0 Å². The van der Waals surface area contributed by atoms with Gasteiger partial charge in [0.25, 0.3) is 0 Å². The van der Waals surface area contributed by atoms with E-state index in [0.29, 0.717) is 6.42 Å². The van der Waals surface area contributed by atoms with E-state index in [0.717, 1.165) is 12.8 Å². The molecule has 15 heteroatoms. The van der Waals surface area contributed by atoms with Crippen molar-refractivity contribution in [1.29, 1.82) is 0 Å². The van der Waals surface area contributed by atoms with Crippen molar-refractivity contribution in [3.8, 4) is 0 Å². The topological polar surface area (TPSA) is 244 Å². The summed E-state index contributed by atoms with van der Waals surface area (Å²) >= 11 is 0. The Labute approximate surface area is 276 Å². The van der Waals surface area contributed by atoms with Gasteiger partial charge >= 0.3 is 107 Å². The van der Waals surface area contributed by atoms with Crippen molar-refractivity contribution in [2.75, 3.05) is 0 Å². The molecule has 0 unspecified atom stereocenters. The van der Waals surface area contributed by atoms with Gasteiger partial charge in [-0.15, -0.1) is 0 Å². The Kier molecular flexibility index (Phi) is 100. The fourth-order valence-electron chi connectivity index (χ4n) is 2.35. The predicted molar refractivity (Wildman–Crippen MR) is 148 cm³/mol. The Hall–Kier alpha value is 2.17. The Balaban J connectivity index is -0.0000000146. The third-order valence-electron chi connectivity index (χ3n) is 3.65. The van der Waals surface area contributed by atoms with Crippen molar-refractivity contribution in [3.05, 3.63) is 12.2 Å². The number of hydrogen-bond acceptors (Lipinski definition) is 5. The molecule has 0 fully saturated rings. The number of aliphatic carboxylic acids is 1. The van der Waals surface area contributed by atoms with Gasteiger partial charge < -0.3 is 57.6 Å². The van der Waals surface area contributed by atoms with Gasteiger partial charge in [0, 0.05) is 6.42 Å². The average molecular weight is 556 g/mol. The zero-order valence-electron chi connectivity index (χ0n) is 28.5. The number of allylic oxidation sites excluding steroid dienone is 2. The van der Waals surface area contributed by atoms with E-state index >= 15 is 0 Å². The minimum absolute atomic E-state index is 0. The molecule has 0 heterocycles. The second-order valence-corrected chi connectivity index (χ2v) is 7.53. The molecule has 0 radical (unpaired) electrons. The molecule has 0 rings (SSSR count). The van der Waals surface area contributed by atoms with Crippen LogP contribution in [0.1, 0.15) is 108 Å². The molecule has 0 saturated heterocycles. The van der Waals surface area contributed by atoms with Gasteiger partial charge in [0.15, 0.2) is 0 Å². The van der Waals surface area contributed by atoms with E-state index in [9.17, 15) is 4.79 Å². The minimum Gasteiger partial charge on any atom is -1.00 e. The number of hydrogen-bond donors (Lipinski definition) is 5. The van der Waals surface area contributed by atoms with Crippen molar-refractivity contribution in [2.45, 2.75) is 96.8 Å².